The Morgan fingerprint density at radius 2 is 1.70 bits per heavy atom. The van der Waals surface area contributed by atoms with Crippen LogP contribution in [0.15, 0.2) is 66.7 Å². The highest BCUT2D eigenvalue weighted by Crippen LogP contribution is 2.34. The Labute approximate surface area is 186 Å². The highest BCUT2D eigenvalue weighted by Gasteiger charge is 2.33. The number of carboxylic acid groups (broad SMARTS) is 1. The molecule has 1 aliphatic rings. The van der Waals surface area contributed by atoms with Crippen molar-refractivity contribution in [1.29, 1.82) is 0 Å². The molecule has 33 heavy (non-hydrogen) atoms. The number of carbonyl (C=O) groups is 3. The van der Waals surface area contributed by atoms with E-state index in [-0.39, 0.29) is 24.2 Å². The maximum atomic E-state index is 12.9. The predicted octanol–water partition coefficient (Wildman–Crippen LogP) is 4.75. The van der Waals surface area contributed by atoms with Gasteiger partial charge in [-0.2, -0.15) is 13.2 Å². The monoisotopic (exact) mass is 454 g/mol. The highest BCUT2D eigenvalue weighted by molar-refractivity contribution is 6.14. The first-order valence-corrected chi connectivity index (χ1v) is 9.86. The molecule has 1 aliphatic heterocycles. The van der Waals surface area contributed by atoms with Crippen molar-refractivity contribution in [2.24, 2.45) is 0 Å². The van der Waals surface area contributed by atoms with Crippen molar-refractivity contribution in [3.05, 3.63) is 94.5 Å². The molecular weight excluding hydrogens is 437 g/mol. The van der Waals surface area contributed by atoms with Gasteiger partial charge in [0, 0.05) is 22.5 Å². The van der Waals surface area contributed by atoms with Crippen LogP contribution in [0.4, 0.5) is 24.5 Å². The number of rotatable bonds is 5. The third-order valence-electron chi connectivity index (χ3n) is 5.26. The van der Waals surface area contributed by atoms with E-state index >= 15 is 0 Å². The number of fused-ring (bicyclic) bond motifs is 1. The van der Waals surface area contributed by atoms with Crippen LogP contribution in [0.2, 0.25) is 0 Å². The molecule has 2 N–H and O–H groups in total. The number of nitrogens with zero attached hydrogens (tertiary/aromatic N) is 1. The van der Waals surface area contributed by atoms with Crippen LogP contribution in [0.1, 0.15) is 37.4 Å². The Morgan fingerprint density at radius 1 is 1.00 bits per heavy atom. The van der Waals surface area contributed by atoms with Gasteiger partial charge in [0.1, 0.15) is 0 Å². The number of alkyl halides is 3. The topological polar surface area (TPSA) is 86.7 Å². The van der Waals surface area contributed by atoms with Gasteiger partial charge >= 0.3 is 12.1 Å². The van der Waals surface area contributed by atoms with Gasteiger partial charge in [-0.25, -0.2) is 0 Å². The normalized spacial score (nSPS) is 13.1. The highest BCUT2D eigenvalue weighted by atomic mass is 19.4. The van der Waals surface area contributed by atoms with E-state index in [4.69, 9.17) is 5.11 Å². The molecule has 0 spiro atoms. The zero-order valence-electron chi connectivity index (χ0n) is 17.0. The molecule has 9 heteroatoms. The Hall–Kier alpha value is -4.14. The van der Waals surface area contributed by atoms with Gasteiger partial charge in [-0.05, 0) is 59.7 Å². The van der Waals surface area contributed by atoms with Gasteiger partial charge in [0.2, 0.25) is 0 Å². The Morgan fingerprint density at radius 3 is 2.36 bits per heavy atom. The number of carbonyl (C=O) groups excluding carboxylic acids is 2. The minimum absolute atomic E-state index is 0.0299. The molecule has 0 aromatic heterocycles. The molecule has 3 aromatic carbocycles. The SMILES string of the molecule is O=C(O)Cc1cccc(NC(=O)c2cccc3c2CN(c2ccc(C(F)(F)F)cc2)C3=O)c1. The first kappa shape index (κ1) is 22.1. The van der Waals surface area contributed by atoms with Crippen molar-refractivity contribution in [2.45, 2.75) is 19.1 Å². The summed E-state index contributed by atoms with van der Waals surface area (Å²) < 4.78 is 38.5. The van der Waals surface area contributed by atoms with Crippen molar-refractivity contribution in [3.63, 3.8) is 0 Å². The summed E-state index contributed by atoms with van der Waals surface area (Å²) in [5.41, 5.74) is 1.39. The summed E-state index contributed by atoms with van der Waals surface area (Å²) in [4.78, 5) is 38.0. The lowest BCUT2D eigenvalue weighted by Gasteiger charge is -2.17. The van der Waals surface area contributed by atoms with E-state index in [1.807, 2.05) is 0 Å². The van der Waals surface area contributed by atoms with Gasteiger partial charge in [-0.15, -0.1) is 0 Å². The molecule has 3 aromatic rings. The van der Waals surface area contributed by atoms with Gasteiger partial charge in [-0.1, -0.05) is 18.2 Å². The third-order valence-corrected chi connectivity index (χ3v) is 5.26. The number of aliphatic carboxylic acids is 1. The van der Waals surface area contributed by atoms with Crippen LogP contribution < -0.4 is 10.2 Å². The lowest BCUT2D eigenvalue weighted by Crippen LogP contribution is -2.23. The smallest absolute Gasteiger partial charge is 0.416 e. The van der Waals surface area contributed by atoms with Gasteiger partial charge in [0.25, 0.3) is 11.8 Å². The molecule has 0 unspecified atom stereocenters. The molecular formula is C24H17F3N2O4. The van der Waals surface area contributed by atoms with Crippen LogP contribution >= 0.6 is 0 Å². The fourth-order valence-electron chi connectivity index (χ4n) is 3.72. The fourth-order valence-corrected chi connectivity index (χ4v) is 3.72. The van der Waals surface area contributed by atoms with Crippen molar-refractivity contribution >= 4 is 29.2 Å². The van der Waals surface area contributed by atoms with E-state index in [1.54, 1.807) is 42.5 Å². The zero-order chi connectivity index (χ0) is 23.8. The molecule has 0 bridgehead atoms. The largest absolute Gasteiger partial charge is 0.481 e. The maximum absolute atomic E-state index is 12.9. The number of carboxylic acids is 1. The summed E-state index contributed by atoms with van der Waals surface area (Å²) in [7, 11) is 0. The van der Waals surface area contributed by atoms with Gasteiger partial charge in [0.05, 0.1) is 18.5 Å². The van der Waals surface area contributed by atoms with Crippen LogP contribution in [-0.2, 0) is 23.9 Å². The van der Waals surface area contributed by atoms with Crippen molar-refractivity contribution in [1.82, 2.24) is 0 Å². The van der Waals surface area contributed by atoms with Crippen LogP contribution in [0, 0.1) is 0 Å². The molecule has 2 amide bonds. The summed E-state index contributed by atoms with van der Waals surface area (Å²) in [6, 6.07) is 15.4. The van der Waals surface area contributed by atoms with Crippen LogP contribution in [0.5, 0.6) is 0 Å². The van der Waals surface area contributed by atoms with E-state index in [0.717, 1.165) is 12.1 Å². The quantitative estimate of drug-likeness (QED) is 0.583. The molecule has 0 aliphatic carbocycles. The molecule has 4 rings (SSSR count). The number of halogens is 3. The summed E-state index contributed by atoms with van der Waals surface area (Å²) in [6.45, 7) is 0.0299. The first-order chi connectivity index (χ1) is 15.6. The second-order valence-electron chi connectivity index (χ2n) is 7.49. The number of amides is 2. The van der Waals surface area contributed by atoms with Gasteiger partial charge < -0.3 is 15.3 Å². The predicted molar refractivity (Wildman–Crippen MR) is 114 cm³/mol. The molecule has 0 saturated carbocycles. The molecule has 6 nitrogen and oxygen atoms in total. The van der Waals surface area contributed by atoms with Crippen molar-refractivity contribution < 1.29 is 32.7 Å². The van der Waals surface area contributed by atoms with E-state index in [9.17, 15) is 27.6 Å². The number of anilines is 2. The van der Waals surface area contributed by atoms with Crippen molar-refractivity contribution in [2.75, 3.05) is 10.2 Å². The van der Waals surface area contributed by atoms with E-state index in [0.29, 0.717) is 22.4 Å². The number of benzene rings is 3. The molecule has 0 saturated heterocycles. The van der Waals surface area contributed by atoms with Crippen molar-refractivity contribution in [3.8, 4) is 0 Å². The van der Waals surface area contributed by atoms with E-state index < -0.39 is 29.5 Å². The third kappa shape index (κ3) is 4.57. The molecule has 168 valence electrons. The second-order valence-corrected chi connectivity index (χ2v) is 7.49. The second kappa shape index (κ2) is 8.42. The molecule has 0 fully saturated rings. The minimum atomic E-state index is -4.48. The standard InChI is InChI=1S/C24H17F3N2O4/c25-24(26,27)15-7-9-17(10-8-15)29-13-20-18(5-2-6-19(20)23(29)33)22(32)28-16-4-1-3-14(11-16)12-21(30)31/h1-11H,12-13H2,(H,28,32)(H,30,31). The number of hydrogen-bond acceptors (Lipinski definition) is 3. The van der Waals surface area contributed by atoms with Gasteiger partial charge in [-0.3, -0.25) is 14.4 Å². The molecule has 1 heterocycles. The average molecular weight is 454 g/mol. The number of nitrogens with one attached hydrogen (secondary N) is 1. The average Bonchev–Trinajstić information content (AvgIpc) is 3.09. The summed E-state index contributed by atoms with van der Waals surface area (Å²) >= 11 is 0. The Kier molecular flexibility index (Phi) is 5.63. The minimum Gasteiger partial charge on any atom is -0.481 e. The number of hydrogen-bond donors (Lipinski definition) is 2. The molecule has 0 radical (unpaired) electrons. The summed E-state index contributed by atoms with van der Waals surface area (Å²) in [5.74, 6) is -1.90. The van der Waals surface area contributed by atoms with Crippen LogP contribution in [0.3, 0.4) is 0 Å². The summed E-state index contributed by atoms with van der Waals surface area (Å²) in [5, 5.41) is 11.7. The van der Waals surface area contributed by atoms with Gasteiger partial charge in [0.15, 0.2) is 0 Å². The Bertz CT molecular complexity index is 1250. The first-order valence-electron chi connectivity index (χ1n) is 9.86. The Balaban J connectivity index is 1.57. The van der Waals surface area contributed by atoms with Crippen LogP contribution in [-0.4, -0.2) is 22.9 Å². The lowest BCUT2D eigenvalue weighted by atomic mass is 10.0. The van der Waals surface area contributed by atoms with Crippen LogP contribution in [0.25, 0.3) is 0 Å². The maximum Gasteiger partial charge on any atom is 0.416 e. The summed E-state index contributed by atoms with van der Waals surface area (Å²) in [6.07, 6.45) is -4.68. The zero-order valence-corrected chi connectivity index (χ0v) is 17.0. The fraction of sp³-hybridized carbons (Fsp3) is 0.125. The molecule has 0 atom stereocenters. The van der Waals surface area contributed by atoms with E-state index in [1.165, 1.54) is 17.0 Å². The van der Waals surface area contributed by atoms with E-state index in [2.05, 4.69) is 5.32 Å². The lowest BCUT2D eigenvalue weighted by molar-refractivity contribution is -0.138.